The van der Waals surface area contributed by atoms with E-state index < -0.39 is 12.3 Å². The normalized spacial score (nSPS) is 21.4. The molecule has 2 saturated heterocycles. The van der Waals surface area contributed by atoms with Crippen molar-refractivity contribution in [3.63, 3.8) is 0 Å². The number of carboxylic acids is 1. The first-order valence-electron chi connectivity index (χ1n) is 13.8. The van der Waals surface area contributed by atoms with Gasteiger partial charge >= 0.3 is 5.97 Å². The molecule has 2 aliphatic rings. The van der Waals surface area contributed by atoms with Gasteiger partial charge in [0.15, 0.2) is 6.29 Å². The zero-order chi connectivity index (χ0) is 28.6. The van der Waals surface area contributed by atoms with Crippen LogP contribution in [0.25, 0.3) is 0 Å². The van der Waals surface area contributed by atoms with Gasteiger partial charge in [-0.15, -0.1) is 0 Å². The van der Waals surface area contributed by atoms with Crippen LogP contribution in [0.3, 0.4) is 0 Å². The van der Waals surface area contributed by atoms with Crippen molar-refractivity contribution in [1.82, 2.24) is 14.9 Å². The van der Waals surface area contributed by atoms with Gasteiger partial charge in [-0.1, -0.05) is 36.4 Å². The van der Waals surface area contributed by atoms with Crippen LogP contribution in [0.4, 0.5) is 11.6 Å². The highest BCUT2D eigenvalue weighted by Gasteiger charge is 2.34. The number of rotatable bonds is 10. The molecule has 0 aliphatic carbocycles. The monoisotopic (exact) mass is 561 g/mol. The predicted octanol–water partition coefficient (Wildman–Crippen LogP) is 3.14. The number of carbonyl (C=O) groups excluding carboxylic acids is 1. The highest BCUT2D eigenvalue weighted by atomic mass is 16.7. The molecule has 0 unspecified atom stereocenters. The van der Waals surface area contributed by atoms with E-state index in [0.717, 1.165) is 55.4 Å². The highest BCUT2D eigenvalue weighted by molar-refractivity contribution is 5.92. The average Bonchev–Trinajstić information content (AvgIpc) is 3.01. The number of hydrogen-bond acceptors (Lipinski definition) is 9. The van der Waals surface area contributed by atoms with Crippen molar-refractivity contribution in [2.45, 2.75) is 44.4 Å². The van der Waals surface area contributed by atoms with E-state index in [0.29, 0.717) is 12.1 Å². The number of aliphatic hydroxyl groups excluding tert-OH is 1. The van der Waals surface area contributed by atoms with Crippen LogP contribution in [0, 0.1) is 0 Å². The molecule has 216 valence electrons. The van der Waals surface area contributed by atoms with Gasteiger partial charge in [-0.05, 0) is 29.3 Å². The average molecular weight is 562 g/mol. The Morgan fingerprint density at radius 2 is 1.59 bits per heavy atom. The number of carbonyl (C=O) groups is 2. The molecule has 41 heavy (non-hydrogen) atoms. The van der Waals surface area contributed by atoms with Crippen molar-refractivity contribution >= 4 is 23.5 Å². The summed E-state index contributed by atoms with van der Waals surface area (Å²) in [5.74, 6) is -0.609. The van der Waals surface area contributed by atoms with Crippen molar-refractivity contribution < 1.29 is 29.3 Å². The van der Waals surface area contributed by atoms with Crippen molar-refractivity contribution in [3.8, 4) is 0 Å². The van der Waals surface area contributed by atoms with Gasteiger partial charge in [0.2, 0.25) is 11.9 Å². The first kappa shape index (κ1) is 28.6. The zero-order valence-corrected chi connectivity index (χ0v) is 22.8. The van der Waals surface area contributed by atoms with E-state index in [1.165, 1.54) is 0 Å². The Hall–Kier alpha value is -3.90. The molecule has 3 aromatic rings. The summed E-state index contributed by atoms with van der Waals surface area (Å²) in [4.78, 5) is 36.1. The summed E-state index contributed by atoms with van der Waals surface area (Å²) in [5, 5.41) is 21.0. The lowest BCUT2D eigenvalue weighted by atomic mass is 9.99. The summed E-state index contributed by atoms with van der Waals surface area (Å²) in [6, 6.07) is 16.8. The van der Waals surface area contributed by atoms with E-state index in [-0.39, 0.29) is 37.6 Å². The smallest absolute Gasteiger partial charge is 0.303 e. The Bertz CT molecular complexity index is 1280. The highest BCUT2D eigenvalue weighted by Crippen LogP contribution is 2.38. The molecule has 2 aromatic carbocycles. The molecule has 0 bridgehead atoms. The standard InChI is InChI=1S/C30H35N5O6/c36-20-21-2-4-22(5-3-21)26-18-25(19-34-14-16-35(17-15-34)30-31-12-1-13-32-30)40-29(41-26)23-6-8-24(9-7-23)33-27(37)10-11-28(38)39/h1-9,12-13,25-26,29,36H,10-11,14-20H2,(H,33,37)(H,38,39)/t25-,26+,29+/m1/s1. The van der Waals surface area contributed by atoms with E-state index in [1.54, 1.807) is 24.5 Å². The lowest BCUT2D eigenvalue weighted by Crippen LogP contribution is -2.50. The number of aliphatic carboxylic acids is 1. The van der Waals surface area contributed by atoms with Crippen LogP contribution in [0.15, 0.2) is 67.0 Å². The molecule has 0 spiro atoms. The van der Waals surface area contributed by atoms with Crippen molar-refractivity contribution in [2.75, 3.05) is 42.9 Å². The SMILES string of the molecule is O=C(O)CCC(=O)Nc1ccc([C@H]2O[C@@H](CN3CCN(c4ncccn4)CC3)C[C@@H](c3ccc(CO)cc3)O2)cc1. The van der Waals surface area contributed by atoms with Gasteiger partial charge in [0, 0.05) is 69.2 Å². The van der Waals surface area contributed by atoms with Crippen LogP contribution in [0.5, 0.6) is 0 Å². The molecular formula is C30H35N5O6. The van der Waals surface area contributed by atoms with E-state index >= 15 is 0 Å². The quantitative estimate of drug-likeness (QED) is 0.339. The van der Waals surface area contributed by atoms with Gasteiger partial charge in [0.05, 0.1) is 25.2 Å². The number of piperazine rings is 1. The minimum atomic E-state index is -1.01. The molecular weight excluding hydrogens is 526 g/mol. The number of hydrogen-bond donors (Lipinski definition) is 3. The third-order valence-corrected chi connectivity index (χ3v) is 7.32. The Kier molecular flexibility index (Phi) is 9.52. The fourth-order valence-corrected chi connectivity index (χ4v) is 5.07. The number of nitrogens with one attached hydrogen (secondary N) is 1. The first-order valence-corrected chi connectivity index (χ1v) is 13.8. The molecule has 3 heterocycles. The number of ether oxygens (including phenoxy) is 2. The fourth-order valence-electron chi connectivity index (χ4n) is 5.07. The summed E-state index contributed by atoms with van der Waals surface area (Å²) < 4.78 is 12.9. The zero-order valence-electron chi connectivity index (χ0n) is 22.8. The Morgan fingerprint density at radius 1 is 0.902 bits per heavy atom. The van der Waals surface area contributed by atoms with Crippen molar-refractivity contribution in [1.29, 1.82) is 0 Å². The molecule has 11 heteroatoms. The van der Waals surface area contributed by atoms with Gasteiger partial charge in [-0.2, -0.15) is 0 Å². The maximum Gasteiger partial charge on any atom is 0.303 e. The van der Waals surface area contributed by atoms with Crippen LogP contribution in [0.1, 0.15) is 48.3 Å². The van der Waals surface area contributed by atoms with E-state index in [2.05, 4.69) is 25.1 Å². The molecule has 11 nitrogen and oxygen atoms in total. The Balaban J connectivity index is 1.25. The lowest BCUT2D eigenvalue weighted by Gasteiger charge is -2.40. The number of aromatic nitrogens is 2. The maximum absolute atomic E-state index is 12.0. The number of benzene rings is 2. The number of amides is 1. The molecule has 1 amide bonds. The third-order valence-electron chi connectivity index (χ3n) is 7.32. The lowest BCUT2D eigenvalue weighted by molar-refractivity contribution is -0.253. The molecule has 2 fully saturated rings. The number of anilines is 2. The summed E-state index contributed by atoms with van der Waals surface area (Å²) in [5.41, 5.74) is 3.26. The van der Waals surface area contributed by atoms with Crippen LogP contribution in [-0.4, -0.2) is 75.8 Å². The minimum absolute atomic E-state index is 0.0145. The molecule has 0 saturated carbocycles. The summed E-state index contributed by atoms with van der Waals surface area (Å²) in [6.45, 7) is 4.15. The predicted molar refractivity (Wildman–Crippen MR) is 151 cm³/mol. The van der Waals surface area contributed by atoms with Crippen molar-refractivity contribution in [3.05, 3.63) is 83.7 Å². The summed E-state index contributed by atoms with van der Waals surface area (Å²) in [6.07, 6.45) is 3.03. The van der Waals surface area contributed by atoms with Crippen LogP contribution >= 0.6 is 0 Å². The molecule has 3 atom stereocenters. The van der Waals surface area contributed by atoms with Gasteiger partial charge < -0.3 is 29.9 Å². The molecule has 5 rings (SSSR count). The second kappa shape index (κ2) is 13.6. The van der Waals surface area contributed by atoms with Gasteiger partial charge in [-0.25, -0.2) is 9.97 Å². The van der Waals surface area contributed by atoms with Gasteiger partial charge in [-0.3, -0.25) is 14.5 Å². The molecule has 2 aliphatic heterocycles. The largest absolute Gasteiger partial charge is 0.481 e. The van der Waals surface area contributed by atoms with E-state index in [4.69, 9.17) is 14.6 Å². The van der Waals surface area contributed by atoms with Gasteiger partial charge in [0.1, 0.15) is 0 Å². The number of nitrogens with zero attached hydrogens (tertiary/aromatic N) is 4. The van der Waals surface area contributed by atoms with Crippen LogP contribution < -0.4 is 10.2 Å². The number of aliphatic hydroxyl groups is 1. The minimum Gasteiger partial charge on any atom is -0.481 e. The Morgan fingerprint density at radius 3 is 2.24 bits per heavy atom. The van der Waals surface area contributed by atoms with Crippen molar-refractivity contribution in [2.24, 2.45) is 0 Å². The molecule has 3 N–H and O–H groups in total. The fraction of sp³-hybridized carbons (Fsp3) is 0.400. The number of carboxylic acid groups (broad SMARTS) is 1. The van der Waals surface area contributed by atoms with E-state index in [9.17, 15) is 14.7 Å². The van der Waals surface area contributed by atoms with Crippen LogP contribution in [0.2, 0.25) is 0 Å². The molecule has 1 aromatic heterocycles. The first-order chi connectivity index (χ1) is 20.0. The van der Waals surface area contributed by atoms with E-state index in [1.807, 2.05) is 42.5 Å². The second-order valence-corrected chi connectivity index (χ2v) is 10.3. The topological polar surface area (TPSA) is 137 Å². The van der Waals surface area contributed by atoms with Crippen LogP contribution in [-0.2, 0) is 25.7 Å². The summed E-state index contributed by atoms with van der Waals surface area (Å²) in [7, 11) is 0. The third kappa shape index (κ3) is 7.86. The second-order valence-electron chi connectivity index (χ2n) is 10.3. The maximum atomic E-state index is 12.0. The Labute approximate surface area is 238 Å². The van der Waals surface area contributed by atoms with Gasteiger partial charge in [0.25, 0.3) is 0 Å². The summed E-state index contributed by atoms with van der Waals surface area (Å²) >= 11 is 0. The molecule has 0 radical (unpaired) electrons.